The summed E-state index contributed by atoms with van der Waals surface area (Å²) >= 11 is 0. The zero-order chi connectivity index (χ0) is 46.7. The topological polar surface area (TPSA) is 95.9 Å². The number of hydrogen-bond acceptors (Lipinski definition) is 5. The standard InChI is InChI=1S/C58H103NO5/c1-4-7-10-13-16-19-22-25-28-30-32-35-38-41-44-47-50-56(61)55(53-60)59-57(62)52-54(49-46-43-40-37-34-31-27-24-21-18-15-12-9-6-3)64-58(63)51-48-45-42-39-36-33-29-26-23-20-17-14-11-8-5-2/h8-9,11-12,14,17-18,20-21,23,27,31,54-56,60-61H,4-7,10,13,15-16,19,22,24-26,28-30,32-53H2,1-3H3,(H,59,62)/b11-8+,12-9+,17-14+,21-18+,23-20+,31-27+. The molecule has 370 valence electrons. The van der Waals surface area contributed by atoms with Gasteiger partial charge in [-0.15, -0.1) is 0 Å². The molecule has 0 aliphatic rings. The van der Waals surface area contributed by atoms with Gasteiger partial charge < -0.3 is 20.3 Å². The van der Waals surface area contributed by atoms with E-state index in [0.717, 1.165) is 103 Å². The molecule has 0 aromatic heterocycles. The van der Waals surface area contributed by atoms with Crippen LogP contribution in [0.25, 0.3) is 0 Å². The molecule has 6 nitrogen and oxygen atoms in total. The van der Waals surface area contributed by atoms with Crippen molar-refractivity contribution < 1.29 is 24.5 Å². The summed E-state index contributed by atoms with van der Waals surface area (Å²) in [6.07, 6.45) is 65.3. The number of esters is 1. The van der Waals surface area contributed by atoms with E-state index in [4.69, 9.17) is 4.74 Å². The van der Waals surface area contributed by atoms with Crippen LogP contribution in [0.1, 0.15) is 258 Å². The first-order chi connectivity index (χ1) is 31.5. The van der Waals surface area contributed by atoms with Gasteiger partial charge in [0.15, 0.2) is 0 Å². The lowest BCUT2D eigenvalue weighted by molar-refractivity contribution is -0.151. The number of aliphatic hydroxyl groups is 2. The fourth-order valence-electron chi connectivity index (χ4n) is 8.03. The molecule has 0 bridgehead atoms. The number of carbonyl (C=O) groups is 2. The molecule has 0 saturated carbocycles. The van der Waals surface area contributed by atoms with Gasteiger partial charge >= 0.3 is 5.97 Å². The first-order valence-corrected chi connectivity index (χ1v) is 27.2. The zero-order valence-electron chi connectivity index (χ0n) is 42.1. The molecule has 0 aromatic rings. The van der Waals surface area contributed by atoms with E-state index in [9.17, 15) is 19.8 Å². The molecule has 6 heteroatoms. The molecular weight excluding hydrogens is 791 g/mol. The van der Waals surface area contributed by atoms with Gasteiger partial charge in [-0.25, -0.2) is 0 Å². The highest BCUT2D eigenvalue weighted by Gasteiger charge is 2.24. The molecule has 3 atom stereocenters. The Labute approximate surface area is 396 Å². The van der Waals surface area contributed by atoms with Gasteiger partial charge in [0.1, 0.15) is 6.10 Å². The quantitative estimate of drug-likeness (QED) is 0.0245. The zero-order valence-corrected chi connectivity index (χ0v) is 42.1. The Bertz CT molecular complexity index is 1190. The number of amides is 1. The van der Waals surface area contributed by atoms with Crippen LogP contribution in [-0.2, 0) is 14.3 Å². The largest absolute Gasteiger partial charge is 0.462 e. The highest BCUT2D eigenvalue weighted by molar-refractivity contribution is 5.77. The number of unbranched alkanes of at least 4 members (excludes halogenated alkanes) is 26. The number of hydrogen-bond donors (Lipinski definition) is 3. The van der Waals surface area contributed by atoms with Gasteiger partial charge in [-0.2, -0.15) is 0 Å². The van der Waals surface area contributed by atoms with E-state index >= 15 is 0 Å². The predicted molar refractivity (Wildman–Crippen MR) is 278 cm³/mol. The van der Waals surface area contributed by atoms with E-state index in [1.165, 1.54) is 109 Å². The van der Waals surface area contributed by atoms with Crippen LogP contribution in [0.3, 0.4) is 0 Å². The average Bonchev–Trinajstić information content (AvgIpc) is 3.29. The van der Waals surface area contributed by atoms with Crippen molar-refractivity contribution in [1.82, 2.24) is 5.32 Å². The van der Waals surface area contributed by atoms with Gasteiger partial charge in [0, 0.05) is 6.42 Å². The van der Waals surface area contributed by atoms with Crippen molar-refractivity contribution >= 4 is 11.9 Å². The molecule has 1 amide bonds. The van der Waals surface area contributed by atoms with Crippen molar-refractivity contribution in [3.8, 4) is 0 Å². The summed E-state index contributed by atoms with van der Waals surface area (Å²) in [5.41, 5.74) is 0. The minimum atomic E-state index is -0.799. The van der Waals surface area contributed by atoms with E-state index in [1.807, 2.05) is 0 Å². The lowest BCUT2D eigenvalue weighted by Gasteiger charge is -2.24. The lowest BCUT2D eigenvalue weighted by Crippen LogP contribution is -2.46. The second-order valence-electron chi connectivity index (χ2n) is 18.3. The molecule has 0 rings (SSSR count). The SMILES string of the molecule is CC/C=C/C=C/C=C/CCCCCCCCCC(=O)OC(CCCCCC/C=C/C/C=C/C/C=C/CC)CC(=O)NC(CO)C(O)CCCCCCCCCCCCCCCCCC. The molecule has 0 aromatic carbocycles. The number of aliphatic hydroxyl groups excluding tert-OH is 2. The Morgan fingerprint density at radius 2 is 0.922 bits per heavy atom. The Morgan fingerprint density at radius 3 is 1.45 bits per heavy atom. The molecule has 64 heavy (non-hydrogen) atoms. The van der Waals surface area contributed by atoms with Crippen molar-refractivity contribution in [2.24, 2.45) is 0 Å². The molecule has 0 saturated heterocycles. The molecule has 0 fully saturated rings. The fraction of sp³-hybridized carbons (Fsp3) is 0.759. The summed E-state index contributed by atoms with van der Waals surface area (Å²) in [7, 11) is 0. The van der Waals surface area contributed by atoms with Gasteiger partial charge in [-0.05, 0) is 77.0 Å². The molecule has 0 aliphatic carbocycles. The number of ether oxygens (including phenoxy) is 1. The van der Waals surface area contributed by atoms with Crippen LogP contribution < -0.4 is 5.32 Å². The Morgan fingerprint density at radius 1 is 0.484 bits per heavy atom. The van der Waals surface area contributed by atoms with Crippen LogP contribution >= 0.6 is 0 Å². The third-order valence-corrected chi connectivity index (χ3v) is 12.1. The van der Waals surface area contributed by atoms with E-state index in [1.54, 1.807) is 0 Å². The number of nitrogens with one attached hydrogen (secondary N) is 1. The van der Waals surface area contributed by atoms with Gasteiger partial charge in [0.25, 0.3) is 0 Å². The lowest BCUT2D eigenvalue weighted by atomic mass is 10.0. The highest BCUT2D eigenvalue weighted by Crippen LogP contribution is 2.18. The van der Waals surface area contributed by atoms with Gasteiger partial charge in [0.05, 0.1) is 25.2 Å². The highest BCUT2D eigenvalue weighted by atomic mass is 16.5. The van der Waals surface area contributed by atoms with Gasteiger partial charge in [-0.3, -0.25) is 9.59 Å². The maximum Gasteiger partial charge on any atom is 0.306 e. The summed E-state index contributed by atoms with van der Waals surface area (Å²) in [6, 6.07) is -0.715. The Kier molecular flexibility index (Phi) is 49.1. The molecule has 0 aliphatic heterocycles. The van der Waals surface area contributed by atoms with Crippen LogP contribution in [0.15, 0.2) is 72.9 Å². The van der Waals surface area contributed by atoms with Crippen LogP contribution in [0.4, 0.5) is 0 Å². The molecule has 3 N–H and O–H groups in total. The first-order valence-electron chi connectivity index (χ1n) is 27.2. The van der Waals surface area contributed by atoms with E-state index in [2.05, 4.69) is 99.0 Å². The van der Waals surface area contributed by atoms with E-state index in [-0.39, 0.29) is 24.9 Å². The minimum absolute atomic E-state index is 0.0554. The summed E-state index contributed by atoms with van der Waals surface area (Å²) in [6.45, 7) is 6.25. The third-order valence-electron chi connectivity index (χ3n) is 12.1. The second-order valence-corrected chi connectivity index (χ2v) is 18.3. The normalized spacial score (nSPS) is 13.8. The van der Waals surface area contributed by atoms with Crippen molar-refractivity contribution in [2.45, 2.75) is 277 Å². The van der Waals surface area contributed by atoms with Crippen LogP contribution in [0.2, 0.25) is 0 Å². The summed E-state index contributed by atoms with van der Waals surface area (Å²) in [4.78, 5) is 26.2. The van der Waals surface area contributed by atoms with Gasteiger partial charge in [0.2, 0.25) is 5.91 Å². The third kappa shape index (κ3) is 45.9. The molecule has 0 radical (unpaired) electrons. The molecule has 0 spiro atoms. The minimum Gasteiger partial charge on any atom is -0.462 e. The number of rotatable bonds is 48. The summed E-state index contributed by atoms with van der Waals surface area (Å²) < 4.78 is 5.93. The van der Waals surface area contributed by atoms with Crippen LogP contribution in [0.5, 0.6) is 0 Å². The van der Waals surface area contributed by atoms with Crippen molar-refractivity contribution in [3.63, 3.8) is 0 Å². The predicted octanol–water partition coefficient (Wildman–Crippen LogP) is 16.6. The van der Waals surface area contributed by atoms with Crippen LogP contribution in [-0.4, -0.2) is 46.9 Å². The van der Waals surface area contributed by atoms with Gasteiger partial charge in [-0.1, -0.05) is 241 Å². The number of carbonyl (C=O) groups excluding carboxylic acids is 2. The summed E-state index contributed by atoms with van der Waals surface area (Å²) in [5.74, 6) is -0.508. The fourth-order valence-corrected chi connectivity index (χ4v) is 8.03. The molecular formula is C58H103NO5. The van der Waals surface area contributed by atoms with Crippen molar-refractivity contribution in [1.29, 1.82) is 0 Å². The molecule has 3 unspecified atom stereocenters. The smallest absolute Gasteiger partial charge is 0.306 e. The second kappa shape index (κ2) is 51.3. The first kappa shape index (κ1) is 61.3. The maximum atomic E-state index is 13.2. The monoisotopic (exact) mass is 894 g/mol. The average molecular weight is 894 g/mol. The maximum absolute atomic E-state index is 13.2. The van der Waals surface area contributed by atoms with Crippen molar-refractivity contribution in [3.05, 3.63) is 72.9 Å². The number of allylic oxidation sites excluding steroid dienone is 12. The van der Waals surface area contributed by atoms with Crippen LogP contribution in [0, 0.1) is 0 Å². The van der Waals surface area contributed by atoms with E-state index in [0.29, 0.717) is 19.3 Å². The molecule has 0 heterocycles. The van der Waals surface area contributed by atoms with E-state index < -0.39 is 18.2 Å². The Hall–Kier alpha value is -2.70. The van der Waals surface area contributed by atoms with Crippen molar-refractivity contribution in [2.75, 3.05) is 6.61 Å². The Balaban J connectivity index is 4.59. The summed E-state index contributed by atoms with van der Waals surface area (Å²) in [5, 5.41) is 23.8.